The number of aromatic nitrogens is 1. The van der Waals surface area contributed by atoms with Crippen molar-refractivity contribution in [3.8, 4) is 5.75 Å². The number of aliphatic hydroxyl groups excluding tert-OH is 1. The number of carbonyl (C=O) groups is 18. The third-order valence-electron chi connectivity index (χ3n) is 25.5. The molecule has 4 aliphatic rings. The van der Waals surface area contributed by atoms with Crippen molar-refractivity contribution in [2.24, 2.45) is 28.5 Å². The number of hydrogen-bond acceptors (Lipinski definition) is 24. The quantitative estimate of drug-likeness (QED) is 0.0188. The Morgan fingerprint density at radius 1 is 0.609 bits per heavy atom. The van der Waals surface area contributed by atoms with Crippen molar-refractivity contribution in [3.05, 3.63) is 113 Å². The summed E-state index contributed by atoms with van der Waals surface area (Å²) in [7, 11) is 3.09. The maximum atomic E-state index is 16.3. The lowest BCUT2D eigenvalue weighted by atomic mass is 9.68. The van der Waals surface area contributed by atoms with Gasteiger partial charge in [0.2, 0.25) is 100 Å². The van der Waals surface area contributed by atoms with Gasteiger partial charge in [-0.25, -0.2) is 0 Å². The second kappa shape index (κ2) is 50.2. The third kappa shape index (κ3) is 31.8. The van der Waals surface area contributed by atoms with Crippen LogP contribution >= 0.6 is 21.6 Å². The van der Waals surface area contributed by atoms with Gasteiger partial charge in [0.05, 0.1) is 25.5 Å². The normalized spacial score (nSPS) is 21.7. The van der Waals surface area contributed by atoms with Gasteiger partial charge in [0, 0.05) is 112 Å². The summed E-state index contributed by atoms with van der Waals surface area (Å²) in [5, 5.41) is 72.3. The zero-order valence-electron chi connectivity index (χ0n) is 79.4. The molecule has 138 heavy (non-hydrogen) atoms. The Hall–Kier alpha value is -12.5. The van der Waals surface area contributed by atoms with Gasteiger partial charge >= 0.3 is 5.97 Å². The molecule has 41 nitrogen and oxygen atoms in total. The van der Waals surface area contributed by atoms with Gasteiger partial charge in [-0.05, 0) is 156 Å². The molecule has 4 fully saturated rings. The minimum absolute atomic E-state index is 0.0514. The number of likely N-dealkylation sites (N-methyl/N-ethyl adjacent to an activating group) is 1. The molecule has 1 spiro atoms. The largest absolute Gasteiger partial charge is 0.508 e. The van der Waals surface area contributed by atoms with E-state index in [1.54, 1.807) is 54.7 Å². The molecule has 3 saturated heterocycles. The van der Waals surface area contributed by atoms with Gasteiger partial charge < -0.3 is 122 Å². The highest BCUT2D eigenvalue weighted by atomic mass is 33.1. The number of ether oxygens (including phenoxy) is 1. The van der Waals surface area contributed by atoms with Crippen LogP contribution in [0.2, 0.25) is 0 Å². The van der Waals surface area contributed by atoms with Gasteiger partial charge in [0.1, 0.15) is 77.7 Å². The number of piperidine rings is 1. The molecule has 17 amide bonds. The predicted molar refractivity (Wildman–Crippen MR) is 513 cm³/mol. The number of primary amides is 3. The van der Waals surface area contributed by atoms with Gasteiger partial charge in [-0.1, -0.05) is 126 Å². The van der Waals surface area contributed by atoms with Gasteiger partial charge in [0.15, 0.2) is 0 Å². The lowest BCUT2D eigenvalue weighted by Gasteiger charge is -2.43. The minimum Gasteiger partial charge on any atom is -0.508 e. The number of carbonyl (C=O) groups excluding carboxylic acids is 17. The highest BCUT2D eigenvalue weighted by Gasteiger charge is 2.49. The van der Waals surface area contributed by atoms with Crippen LogP contribution in [0.5, 0.6) is 5.75 Å². The van der Waals surface area contributed by atoms with E-state index in [-0.39, 0.29) is 99.7 Å². The summed E-state index contributed by atoms with van der Waals surface area (Å²) in [4.78, 5) is 264. The molecule has 0 radical (unpaired) electrons. The molecule has 43 heteroatoms. The van der Waals surface area contributed by atoms with Crippen LogP contribution in [-0.2, 0) is 110 Å². The molecule has 24 N–H and O–H groups in total. The van der Waals surface area contributed by atoms with Gasteiger partial charge in [-0.3, -0.25) is 86.3 Å². The number of H-pyrrole nitrogens is 1. The number of phenolic OH excluding ortho intramolecular Hbond substituents is 1. The molecule has 13 atom stereocenters. The smallest absolute Gasteiger partial charge is 0.303 e. The molecule has 1 unspecified atom stereocenters. The number of fused-ring (bicyclic) bond motifs is 2. The number of aryl methyl sites for hydroxylation is 1. The van der Waals surface area contributed by atoms with Crippen LogP contribution in [0, 0.1) is 18.3 Å². The van der Waals surface area contributed by atoms with Crippen LogP contribution in [0.4, 0.5) is 0 Å². The highest BCUT2D eigenvalue weighted by Crippen LogP contribution is 2.47. The number of aliphatic hydroxyl groups is 1. The van der Waals surface area contributed by atoms with Crippen molar-refractivity contribution in [1.29, 1.82) is 0 Å². The van der Waals surface area contributed by atoms with Crippen molar-refractivity contribution in [2.75, 3.05) is 46.4 Å². The number of amides is 17. The van der Waals surface area contributed by atoms with E-state index in [2.05, 4.69) is 79.4 Å². The molecule has 1 saturated carbocycles. The van der Waals surface area contributed by atoms with E-state index >= 15 is 28.8 Å². The molecule has 4 heterocycles. The monoisotopic (exact) mass is 1960 g/mol. The summed E-state index contributed by atoms with van der Waals surface area (Å²) < 4.78 is 2.49. The predicted octanol–water partition coefficient (Wildman–Crippen LogP) is 0.310. The third-order valence-corrected chi connectivity index (χ3v) is 29.7. The summed E-state index contributed by atoms with van der Waals surface area (Å²) in [6.07, 6.45) is 2.79. The molecule has 1 aromatic heterocycles. The zero-order chi connectivity index (χ0) is 101. The molecule has 5 aromatic rings. The fourth-order valence-electron chi connectivity index (χ4n) is 18.0. The van der Waals surface area contributed by atoms with E-state index in [0.717, 1.165) is 103 Å². The van der Waals surface area contributed by atoms with Crippen molar-refractivity contribution in [1.82, 2.24) is 84.3 Å². The fraction of sp³-hybridized carbons (Fsp3) is 0.558. The molecule has 1 aliphatic carbocycles. The summed E-state index contributed by atoms with van der Waals surface area (Å²) >= 11 is 0. The molecule has 0 bridgehead atoms. The first kappa shape index (κ1) is 109. The molecular weight excluding hydrogens is 1820 g/mol. The number of carboxylic acid groups (broad SMARTS) is 1. The Kier molecular flexibility index (Phi) is 39.7. The lowest BCUT2D eigenvalue weighted by Crippen LogP contribution is -2.67. The molecular formula is C95H133N19O22S2. The number of carboxylic acids is 1. The van der Waals surface area contributed by atoms with Crippen LogP contribution in [0.1, 0.15) is 186 Å². The van der Waals surface area contributed by atoms with E-state index in [4.69, 9.17) is 21.9 Å². The number of nitrogens with one attached hydrogen (secondary N) is 15. The van der Waals surface area contributed by atoms with E-state index in [0.29, 0.717) is 40.4 Å². The van der Waals surface area contributed by atoms with Gasteiger partial charge in [-0.15, -0.1) is 0 Å². The maximum absolute atomic E-state index is 16.3. The molecule has 4 aromatic carbocycles. The number of hydrogen-bond donors (Lipinski definition) is 21. The number of unbranched alkanes of at least 4 members (excludes halogenated alkanes) is 1. The number of rotatable bonds is 37. The minimum atomic E-state index is -2.10. The molecule has 9 rings (SSSR count). The number of nitrogens with zero attached hydrogens (tertiary/aromatic N) is 1. The van der Waals surface area contributed by atoms with Crippen LogP contribution in [0.3, 0.4) is 0 Å². The number of para-hydroxylation sites is 1. The Balaban J connectivity index is 1.09. The van der Waals surface area contributed by atoms with Crippen molar-refractivity contribution in [3.63, 3.8) is 0 Å². The Labute approximate surface area is 808 Å². The first-order chi connectivity index (χ1) is 65.2. The lowest BCUT2D eigenvalue weighted by molar-refractivity contribution is -0.142. The first-order valence-electron chi connectivity index (χ1n) is 46.6. The van der Waals surface area contributed by atoms with Gasteiger partial charge in [-0.2, -0.15) is 0 Å². The zero-order valence-corrected chi connectivity index (χ0v) is 81.0. The van der Waals surface area contributed by atoms with E-state index < -0.39 is 227 Å². The van der Waals surface area contributed by atoms with Gasteiger partial charge in [0.25, 0.3) is 0 Å². The first-order valence-corrected chi connectivity index (χ1v) is 48.7. The Bertz CT molecular complexity index is 5250. The topological polar surface area (TPSA) is 643 Å². The number of aromatic amines is 1. The van der Waals surface area contributed by atoms with E-state index in [9.17, 15) is 72.9 Å². The second-order valence-electron chi connectivity index (χ2n) is 37.7. The Morgan fingerprint density at radius 3 is 1.86 bits per heavy atom. The average molecular weight is 1960 g/mol. The van der Waals surface area contributed by atoms with E-state index in [1.807, 2.05) is 19.1 Å². The van der Waals surface area contributed by atoms with Crippen molar-refractivity contribution in [2.45, 2.75) is 278 Å². The maximum Gasteiger partial charge on any atom is 0.303 e. The number of nitrogens with two attached hydrogens (primary N) is 3. The summed E-state index contributed by atoms with van der Waals surface area (Å²) in [5.41, 5.74) is 17.4. The number of benzene rings is 4. The number of aliphatic carboxylic acids is 1. The van der Waals surface area contributed by atoms with Crippen LogP contribution in [0.25, 0.3) is 21.7 Å². The fourth-order valence-corrected chi connectivity index (χ4v) is 20.8. The number of aromatic hydroxyl groups is 1. The van der Waals surface area contributed by atoms with Crippen LogP contribution < -0.4 is 91.6 Å². The van der Waals surface area contributed by atoms with Crippen molar-refractivity contribution >= 4 is 150 Å². The van der Waals surface area contributed by atoms with Crippen LogP contribution in [-0.4, -0.2) is 266 Å². The standard InChI is InChI=1S/C95H133N19O22S2/c1-52-20-19-23-63-61(49-101-76(52)63)44-68-83(127)103-64(24-15-18-37-100-54(3)116)81(125)112-79(93(7,8)138-137-92(5,6)78(102-55(4)117)88(132)108-70(46-73(97)120)85(129)111-77(53(2)115)87(131)106-68)89(133)107-66(41-56-26-29-62(118)30-27-56)82(126)104-67(42-57-25-28-59-21-13-14-22-60(59)40-57)86(130)113-95(35-38-136-39-36-95)91(135)110-65(31-32-75(122)123)80(124)105-69(45-72(96)119)84(128)109-71(90(134)114(9)50-74(98)121)43-58-47-94(51-99-48-58)33-16-11-10-12-17-34-94/h13-14,19-23,25-30,40,49,53,58,64-71,77-79,99,101,115,118H,10-12,15-18,24,31-39,41-48,50-51H2,1-9H3,(H2,96,119)(H2,97,120)(H2,98,121)(H,100,116)(H,102,117)(H,103,127)(H,104,126)(H,105,124)(H,106,131)(H,107,133)(H,108,132)(H,109,128)(H,110,135)(H,111,129)(H,112,125)(H,113,130)(H,122,123)/t53-,58?,64+,65+,66+,67+,68+,69+,70+,71+,77+,78-,79-/m0/s1. The average Bonchev–Trinajstić information content (AvgIpc) is 1.62. The summed E-state index contributed by atoms with van der Waals surface area (Å²) in [6, 6.07) is 3.82. The SMILES string of the molecule is CC(=O)NCCCC[C@H]1NC(=O)[C@@H](Cc2c[nH]c3c(C)cccc23)NC(=O)[C@@H]([C@H](C)O)NC(=O)[C@@H](CC(N)=O)NC(=O)[C@H](NC(C)=O)C(C)(C)SSC(C)(C)[C@H](C(=O)N[C@H](Cc2ccc(O)cc2)C(=O)N[C@H](Cc2ccc3ccccc3c2)C(=O)NC2(C(=O)N[C@H](CCC(=O)O)C(=O)N[C@H](CC(N)=O)C(=O)N[C@H](CC3CNCC4(CCCCCCC4)C3)C(=O)N(C)CC(N)=O)CCOCC2)NC1=O. The van der Waals surface area contributed by atoms with Crippen molar-refractivity contribution < 1.29 is 106 Å². The summed E-state index contributed by atoms with van der Waals surface area (Å²) in [5.74, 6) is -18.9. The highest BCUT2D eigenvalue weighted by molar-refractivity contribution is 8.77. The molecule has 752 valence electrons. The Morgan fingerprint density at radius 2 is 1.21 bits per heavy atom. The number of phenols is 1. The summed E-state index contributed by atoms with van der Waals surface area (Å²) in [6.45, 7) is 11.7. The second-order valence-corrected chi connectivity index (χ2v) is 41.1. The van der Waals surface area contributed by atoms with Crippen LogP contribution in [0.15, 0.2) is 91.1 Å². The van der Waals surface area contributed by atoms with E-state index in [1.165, 1.54) is 65.9 Å². The molecule has 3 aliphatic heterocycles.